The Morgan fingerprint density at radius 3 is 2.84 bits per heavy atom. The number of rotatable bonds is 2. The third-order valence-electron chi connectivity index (χ3n) is 2.70. The topological polar surface area (TPSA) is 73.0 Å². The van der Waals surface area contributed by atoms with E-state index in [-0.39, 0.29) is 0 Å². The van der Waals surface area contributed by atoms with Gasteiger partial charge < -0.3 is 0 Å². The van der Waals surface area contributed by atoms with Crippen LogP contribution in [0.1, 0.15) is 5.56 Å². The van der Waals surface area contributed by atoms with E-state index in [1.807, 2.05) is 13.1 Å². The summed E-state index contributed by atoms with van der Waals surface area (Å²) < 4.78 is 13.2. The molecule has 0 saturated heterocycles. The van der Waals surface area contributed by atoms with Crippen molar-refractivity contribution < 1.29 is 4.21 Å². The van der Waals surface area contributed by atoms with Crippen LogP contribution >= 0.6 is 0 Å². The number of aromatic nitrogens is 5. The maximum absolute atomic E-state index is 11.5. The zero-order valence-corrected chi connectivity index (χ0v) is 11.3. The standard InChI is InChI=1S/C12H11N5OS/c1-8-4-13-12-9(5-16-17(12)6-8)10-3-11(19(2)18)15-7-14-10/h3-7H,1-2H3. The lowest BCUT2D eigenvalue weighted by atomic mass is 10.2. The van der Waals surface area contributed by atoms with Crippen LogP contribution in [0.2, 0.25) is 0 Å². The highest BCUT2D eigenvalue weighted by atomic mass is 32.2. The molecule has 19 heavy (non-hydrogen) atoms. The minimum Gasteiger partial charge on any atom is -0.253 e. The molecule has 3 aromatic heterocycles. The molecular weight excluding hydrogens is 262 g/mol. The second-order valence-electron chi connectivity index (χ2n) is 4.15. The molecule has 7 heteroatoms. The highest BCUT2D eigenvalue weighted by molar-refractivity contribution is 7.84. The lowest BCUT2D eigenvalue weighted by Crippen LogP contribution is -1.95. The van der Waals surface area contributed by atoms with Gasteiger partial charge in [0.2, 0.25) is 0 Å². The van der Waals surface area contributed by atoms with Gasteiger partial charge in [-0.05, 0) is 18.6 Å². The summed E-state index contributed by atoms with van der Waals surface area (Å²) in [5.41, 5.74) is 3.22. The maximum Gasteiger partial charge on any atom is 0.164 e. The number of fused-ring (bicyclic) bond motifs is 1. The Morgan fingerprint density at radius 2 is 2.05 bits per heavy atom. The zero-order valence-electron chi connectivity index (χ0n) is 10.4. The van der Waals surface area contributed by atoms with E-state index in [2.05, 4.69) is 20.1 Å². The predicted molar refractivity (Wildman–Crippen MR) is 71.1 cm³/mol. The monoisotopic (exact) mass is 273 g/mol. The summed E-state index contributed by atoms with van der Waals surface area (Å²) in [6.45, 7) is 1.96. The molecule has 0 aliphatic heterocycles. The molecule has 3 rings (SSSR count). The predicted octanol–water partition coefficient (Wildman–Crippen LogP) is 1.23. The van der Waals surface area contributed by atoms with E-state index in [0.717, 1.165) is 16.8 Å². The first-order chi connectivity index (χ1) is 9.15. The molecule has 0 aliphatic carbocycles. The van der Waals surface area contributed by atoms with E-state index in [9.17, 15) is 4.21 Å². The highest BCUT2D eigenvalue weighted by Gasteiger charge is 2.11. The first kappa shape index (κ1) is 11.9. The van der Waals surface area contributed by atoms with Crippen molar-refractivity contribution in [1.82, 2.24) is 24.6 Å². The fraction of sp³-hybridized carbons (Fsp3) is 0.167. The summed E-state index contributed by atoms with van der Waals surface area (Å²) in [6, 6.07) is 1.70. The van der Waals surface area contributed by atoms with Gasteiger partial charge in [-0.15, -0.1) is 0 Å². The third kappa shape index (κ3) is 2.12. The van der Waals surface area contributed by atoms with Crippen molar-refractivity contribution in [2.45, 2.75) is 11.9 Å². The van der Waals surface area contributed by atoms with Crippen molar-refractivity contribution in [3.05, 3.63) is 36.5 Å². The van der Waals surface area contributed by atoms with Gasteiger partial charge in [-0.2, -0.15) is 5.10 Å². The first-order valence-corrected chi connectivity index (χ1v) is 7.17. The lowest BCUT2D eigenvalue weighted by molar-refractivity contribution is 0.683. The van der Waals surface area contributed by atoms with Gasteiger partial charge >= 0.3 is 0 Å². The second kappa shape index (κ2) is 4.51. The molecule has 3 heterocycles. The van der Waals surface area contributed by atoms with Gasteiger partial charge in [-0.25, -0.2) is 19.5 Å². The molecule has 0 N–H and O–H groups in total. The van der Waals surface area contributed by atoms with Gasteiger partial charge in [0.05, 0.1) is 28.3 Å². The quantitative estimate of drug-likeness (QED) is 0.657. The van der Waals surface area contributed by atoms with E-state index in [1.54, 1.807) is 29.2 Å². The van der Waals surface area contributed by atoms with Crippen LogP contribution in [0, 0.1) is 6.92 Å². The van der Waals surface area contributed by atoms with Crippen LogP contribution in [-0.2, 0) is 10.8 Å². The number of hydrogen-bond acceptors (Lipinski definition) is 5. The minimum absolute atomic E-state index is 0.497. The van der Waals surface area contributed by atoms with E-state index >= 15 is 0 Å². The van der Waals surface area contributed by atoms with Gasteiger partial charge in [-0.1, -0.05) is 0 Å². The van der Waals surface area contributed by atoms with Crippen LogP contribution in [0.4, 0.5) is 0 Å². The molecule has 0 aromatic carbocycles. The van der Waals surface area contributed by atoms with Gasteiger partial charge in [0.25, 0.3) is 0 Å². The van der Waals surface area contributed by atoms with Crippen molar-refractivity contribution in [3.8, 4) is 11.3 Å². The smallest absolute Gasteiger partial charge is 0.164 e. The maximum atomic E-state index is 11.5. The molecule has 0 saturated carbocycles. The number of aryl methyl sites for hydroxylation is 1. The van der Waals surface area contributed by atoms with Gasteiger partial charge in [0.1, 0.15) is 11.4 Å². The molecule has 3 aromatic rings. The van der Waals surface area contributed by atoms with Crippen LogP contribution in [0.5, 0.6) is 0 Å². The molecule has 6 nitrogen and oxygen atoms in total. The summed E-state index contributed by atoms with van der Waals surface area (Å²) in [6.07, 6.45) is 8.37. The lowest BCUT2D eigenvalue weighted by Gasteiger charge is -2.00. The van der Waals surface area contributed by atoms with E-state index < -0.39 is 10.8 Å². The van der Waals surface area contributed by atoms with Crippen LogP contribution in [0.3, 0.4) is 0 Å². The van der Waals surface area contributed by atoms with Gasteiger partial charge in [-0.3, -0.25) is 4.21 Å². The molecule has 96 valence electrons. The summed E-state index contributed by atoms with van der Waals surface area (Å²) in [4.78, 5) is 12.5. The average molecular weight is 273 g/mol. The van der Waals surface area contributed by atoms with Crippen molar-refractivity contribution in [2.24, 2.45) is 0 Å². The molecule has 0 spiro atoms. The molecule has 0 aliphatic rings. The Hall–Kier alpha value is -2.15. The first-order valence-electron chi connectivity index (χ1n) is 5.61. The van der Waals surface area contributed by atoms with Crippen LogP contribution in [0.25, 0.3) is 16.9 Å². The molecule has 0 bridgehead atoms. The van der Waals surface area contributed by atoms with Crippen molar-refractivity contribution >= 4 is 16.4 Å². The van der Waals surface area contributed by atoms with Crippen LogP contribution < -0.4 is 0 Å². The zero-order chi connectivity index (χ0) is 13.4. The van der Waals surface area contributed by atoms with E-state index in [1.165, 1.54) is 6.33 Å². The summed E-state index contributed by atoms with van der Waals surface area (Å²) >= 11 is 0. The molecule has 0 amide bonds. The highest BCUT2D eigenvalue weighted by Crippen LogP contribution is 2.21. The normalized spacial score (nSPS) is 12.7. The molecular formula is C12H11N5OS. The number of nitrogens with zero attached hydrogens (tertiary/aromatic N) is 5. The molecule has 0 fully saturated rings. The average Bonchev–Trinajstić information content (AvgIpc) is 2.81. The number of hydrogen-bond donors (Lipinski definition) is 0. The fourth-order valence-electron chi connectivity index (χ4n) is 1.79. The Bertz CT molecular complexity index is 783. The van der Waals surface area contributed by atoms with Crippen molar-refractivity contribution in [2.75, 3.05) is 6.26 Å². The van der Waals surface area contributed by atoms with Gasteiger partial charge in [0.15, 0.2) is 5.65 Å². The summed E-state index contributed by atoms with van der Waals surface area (Å²) in [7, 11) is -1.14. The molecule has 1 atom stereocenters. The Balaban J connectivity index is 2.19. The Labute approximate surface area is 112 Å². The van der Waals surface area contributed by atoms with E-state index in [0.29, 0.717) is 10.7 Å². The Kier molecular flexibility index (Phi) is 2.83. The van der Waals surface area contributed by atoms with E-state index in [4.69, 9.17) is 0 Å². The van der Waals surface area contributed by atoms with Crippen LogP contribution in [0.15, 0.2) is 36.0 Å². The minimum atomic E-state index is -1.14. The molecule has 0 radical (unpaired) electrons. The van der Waals surface area contributed by atoms with Crippen LogP contribution in [-0.4, -0.2) is 35.0 Å². The van der Waals surface area contributed by atoms with Crippen molar-refractivity contribution in [1.29, 1.82) is 0 Å². The van der Waals surface area contributed by atoms with Gasteiger partial charge in [0, 0.05) is 18.6 Å². The molecule has 1 unspecified atom stereocenters. The Morgan fingerprint density at radius 1 is 1.21 bits per heavy atom. The second-order valence-corrected chi connectivity index (χ2v) is 5.48. The SMILES string of the molecule is Cc1cnc2c(-c3cc(S(C)=O)ncn3)cnn2c1. The summed E-state index contributed by atoms with van der Waals surface area (Å²) in [5.74, 6) is 0. The van der Waals surface area contributed by atoms with Crippen molar-refractivity contribution in [3.63, 3.8) is 0 Å². The fourth-order valence-corrected chi connectivity index (χ4v) is 2.27. The third-order valence-corrected chi connectivity index (χ3v) is 3.51. The largest absolute Gasteiger partial charge is 0.253 e. The summed E-state index contributed by atoms with van der Waals surface area (Å²) in [5, 5.41) is 4.75.